The van der Waals surface area contributed by atoms with Gasteiger partial charge in [-0.1, -0.05) is 50.2 Å². The highest BCUT2D eigenvalue weighted by Crippen LogP contribution is 2.37. The summed E-state index contributed by atoms with van der Waals surface area (Å²) < 4.78 is 0. The van der Waals surface area contributed by atoms with E-state index in [1.807, 2.05) is 72.8 Å². The molecule has 40 heavy (non-hydrogen) atoms. The summed E-state index contributed by atoms with van der Waals surface area (Å²) in [7, 11) is 1.73. The third kappa shape index (κ3) is 5.23. The number of hydrogen-bond acceptors (Lipinski definition) is 4. The van der Waals surface area contributed by atoms with Gasteiger partial charge in [-0.05, 0) is 60.7 Å². The Balaban J connectivity index is 1.41. The molecule has 0 aliphatic carbocycles. The number of piperazine rings is 1. The molecule has 0 radical (unpaired) electrons. The largest absolute Gasteiger partial charge is 0.480 e. The van der Waals surface area contributed by atoms with Crippen molar-refractivity contribution in [3.63, 3.8) is 0 Å². The molecule has 2 aliphatic rings. The molecule has 2 fully saturated rings. The summed E-state index contributed by atoms with van der Waals surface area (Å²) >= 11 is 0. The fourth-order valence-corrected chi connectivity index (χ4v) is 5.84. The molecule has 208 valence electrons. The highest BCUT2D eigenvalue weighted by atomic mass is 16.4. The van der Waals surface area contributed by atoms with Gasteiger partial charge in [-0.15, -0.1) is 0 Å². The minimum atomic E-state index is -1.16. The summed E-state index contributed by atoms with van der Waals surface area (Å²) in [5.41, 5.74) is 3.21. The van der Waals surface area contributed by atoms with Crippen molar-refractivity contribution in [1.82, 2.24) is 19.7 Å². The maximum absolute atomic E-state index is 14.1. The van der Waals surface area contributed by atoms with Crippen LogP contribution in [0.15, 0.2) is 79.0 Å². The monoisotopic (exact) mass is 541 g/mol. The van der Waals surface area contributed by atoms with Gasteiger partial charge in [-0.3, -0.25) is 9.88 Å². The molecule has 9 heteroatoms. The van der Waals surface area contributed by atoms with Crippen LogP contribution in [-0.4, -0.2) is 74.5 Å². The number of carboxylic acids is 1. The quantitative estimate of drug-likeness (QED) is 0.456. The lowest BCUT2D eigenvalue weighted by Gasteiger charge is -2.47. The highest BCUT2D eigenvalue weighted by molar-refractivity contribution is 6.01. The Hall–Kier alpha value is -4.40. The van der Waals surface area contributed by atoms with E-state index in [-0.39, 0.29) is 24.5 Å². The number of aliphatic carboxylic acids is 1. The fourth-order valence-electron chi connectivity index (χ4n) is 5.84. The van der Waals surface area contributed by atoms with E-state index in [1.165, 1.54) is 4.90 Å². The first-order valence-electron chi connectivity index (χ1n) is 13.7. The number of urea groups is 2. The van der Waals surface area contributed by atoms with Crippen molar-refractivity contribution < 1.29 is 19.5 Å². The van der Waals surface area contributed by atoms with Crippen LogP contribution in [0.25, 0.3) is 0 Å². The Morgan fingerprint density at radius 1 is 0.950 bits per heavy atom. The topological polar surface area (TPSA) is 97.3 Å². The van der Waals surface area contributed by atoms with E-state index in [9.17, 15) is 19.5 Å². The predicted octanol–water partition coefficient (Wildman–Crippen LogP) is 5.32. The van der Waals surface area contributed by atoms with Gasteiger partial charge in [0.15, 0.2) is 6.04 Å². The zero-order valence-corrected chi connectivity index (χ0v) is 23.1. The van der Waals surface area contributed by atoms with E-state index in [4.69, 9.17) is 0 Å². The Kier molecular flexibility index (Phi) is 7.73. The van der Waals surface area contributed by atoms with E-state index in [0.717, 1.165) is 11.3 Å². The number of anilines is 2. The van der Waals surface area contributed by atoms with Gasteiger partial charge in [0, 0.05) is 32.0 Å². The molecule has 2 bridgehead atoms. The van der Waals surface area contributed by atoms with Crippen molar-refractivity contribution in [1.29, 1.82) is 0 Å². The summed E-state index contributed by atoms with van der Waals surface area (Å²) in [6.07, 6.45) is 2.92. The Morgan fingerprint density at radius 2 is 1.57 bits per heavy atom. The third-order valence-corrected chi connectivity index (χ3v) is 7.78. The number of fused-ring (bicyclic) bond motifs is 2. The van der Waals surface area contributed by atoms with Crippen LogP contribution in [-0.2, 0) is 11.3 Å². The molecular weight excluding hydrogens is 506 g/mol. The molecule has 9 nitrogen and oxygen atoms in total. The smallest absolute Gasteiger partial charge is 0.329 e. The molecule has 3 heterocycles. The molecule has 4 amide bonds. The van der Waals surface area contributed by atoms with Gasteiger partial charge < -0.3 is 19.8 Å². The van der Waals surface area contributed by atoms with Gasteiger partial charge in [-0.2, -0.15) is 0 Å². The highest BCUT2D eigenvalue weighted by Gasteiger charge is 2.54. The number of carbonyl (C=O) groups is 3. The van der Waals surface area contributed by atoms with Crippen LogP contribution >= 0.6 is 0 Å². The second-order valence-corrected chi connectivity index (χ2v) is 10.8. The van der Waals surface area contributed by atoms with Crippen molar-refractivity contribution in [3.8, 4) is 0 Å². The van der Waals surface area contributed by atoms with Crippen LogP contribution in [0.3, 0.4) is 0 Å². The Labute approximate surface area is 234 Å². The lowest BCUT2D eigenvalue weighted by molar-refractivity contribution is -0.145. The van der Waals surface area contributed by atoms with Crippen molar-refractivity contribution in [3.05, 3.63) is 90.3 Å². The first-order chi connectivity index (χ1) is 19.3. The second kappa shape index (κ2) is 11.4. The minimum absolute atomic E-state index is 0.148. The number of para-hydroxylation sites is 2. The van der Waals surface area contributed by atoms with Crippen LogP contribution in [0.2, 0.25) is 0 Å². The van der Waals surface area contributed by atoms with Gasteiger partial charge in [0.25, 0.3) is 0 Å². The van der Waals surface area contributed by atoms with Crippen LogP contribution in [0, 0.1) is 0 Å². The van der Waals surface area contributed by atoms with E-state index in [0.29, 0.717) is 30.8 Å². The van der Waals surface area contributed by atoms with Crippen molar-refractivity contribution in [2.24, 2.45) is 0 Å². The first-order valence-corrected chi connectivity index (χ1v) is 13.7. The zero-order chi connectivity index (χ0) is 28.4. The third-order valence-electron chi connectivity index (χ3n) is 7.78. The number of pyridine rings is 1. The molecule has 1 aromatic heterocycles. The van der Waals surface area contributed by atoms with Gasteiger partial charge in [0.05, 0.1) is 23.5 Å². The van der Waals surface area contributed by atoms with Crippen molar-refractivity contribution in [2.75, 3.05) is 18.5 Å². The van der Waals surface area contributed by atoms with Gasteiger partial charge in [0.1, 0.15) is 0 Å². The molecular formula is C31H35N5O4. The molecule has 3 atom stereocenters. The van der Waals surface area contributed by atoms with Crippen LogP contribution in [0.4, 0.5) is 21.0 Å². The van der Waals surface area contributed by atoms with Crippen LogP contribution in [0.1, 0.15) is 43.9 Å². The molecule has 2 saturated heterocycles. The predicted molar refractivity (Wildman–Crippen MR) is 152 cm³/mol. The second-order valence-electron chi connectivity index (χ2n) is 10.8. The van der Waals surface area contributed by atoms with Gasteiger partial charge in [-0.25, -0.2) is 14.4 Å². The van der Waals surface area contributed by atoms with E-state index in [1.54, 1.807) is 27.9 Å². The normalized spacial score (nSPS) is 19.9. The fraction of sp³-hybridized carbons (Fsp3) is 0.355. The van der Waals surface area contributed by atoms with Crippen molar-refractivity contribution in [2.45, 2.75) is 57.3 Å². The number of hydrogen-bond donors (Lipinski definition) is 1. The maximum Gasteiger partial charge on any atom is 0.329 e. The van der Waals surface area contributed by atoms with Crippen molar-refractivity contribution >= 4 is 29.4 Å². The van der Waals surface area contributed by atoms with Crippen LogP contribution in [0.5, 0.6) is 0 Å². The molecule has 3 aromatic rings. The number of benzene rings is 2. The lowest BCUT2D eigenvalue weighted by atomic mass is 10.0. The number of carbonyl (C=O) groups excluding carboxylic acids is 2. The number of aromatic nitrogens is 1. The Morgan fingerprint density at radius 3 is 2.15 bits per heavy atom. The zero-order valence-electron chi connectivity index (χ0n) is 23.1. The molecule has 0 spiro atoms. The number of rotatable bonds is 6. The standard InChI is InChI=1S/C31H35N5O4/c1-21(2)26-18-22(16-17-32-26)19-33(3)30(39)36-25-14-15-27(36)28(29(37)38)34(20-25)31(40)35(23-10-6-4-7-11-23)24-12-8-5-9-13-24/h4-13,16-18,21,25,27-28H,14-15,19-20H2,1-3H3,(H,37,38)/t25?,27-,28+/m1/s1. The van der Waals surface area contributed by atoms with Gasteiger partial charge in [0.2, 0.25) is 0 Å². The first kappa shape index (κ1) is 27.2. The lowest BCUT2D eigenvalue weighted by Crippen LogP contribution is -2.67. The maximum atomic E-state index is 14.1. The van der Waals surface area contributed by atoms with Crippen LogP contribution < -0.4 is 4.90 Å². The molecule has 0 saturated carbocycles. The average Bonchev–Trinajstić information content (AvgIpc) is 3.25. The molecule has 1 N–H and O–H groups in total. The number of likely N-dealkylation sites (tertiary alicyclic amines) is 1. The van der Waals surface area contributed by atoms with E-state index < -0.39 is 24.1 Å². The summed E-state index contributed by atoms with van der Waals surface area (Å²) in [5, 5.41) is 10.4. The SMILES string of the molecule is CC(C)c1cc(CN(C)C(=O)N2C3CC[C@@H]2[C@@H](C(=O)O)N(C(=O)N(c2ccccc2)c2ccccc2)C3)ccn1. The Bertz CT molecular complexity index is 1330. The van der Waals surface area contributed by atoms with E-state index >= 15 is 0 Å². The number of carboxylic acid groups (broad SMARTS) is 1. The number of amides is 4. The number of nitrogens with zero attached hydrogens (tertiary/aromatic N) is 5. The molecule has 5 rings (SSSR count). The molecule has 1 unspecified atom stereocenters. The summed E-state index contributed by atoms with van der Waals surface area (Å²) in [5.74, 6) is -0.846. The molecule has 2 aliphatic heterocycles. The average molecular weight is 542 g/mol. The van der Waals surface area contributed by atoms with E-state index in [2.05, 4.69) is 18.8 Å². The molecule has 2 aromatic carbocycles. The summed E-state index contributed by atoms with van der Waals surface area (Å²) in [6.45, 7) is 4.67. The summed E-state index contributed by atoms with van der Waals surface area (Å²) in [6, 6.07) is 19.6. The summed E-state index contributed by atoms with van der Waals surface area (Å²) in [4.78, 5) is 51.3. The van der Waals surface area contributed by atoms with Gasteiger partial charge >= 0.3 is 18.0 Å². The minimum Gasteiger partial charge on any atom is -0.480 e.